The predicted octanol–water partition coefficient (Wildman–Crippen LogP) is 4.64. The van der Waals surface area contributed by atoms with Crippen LogP contribution in [0.25, 0.3) is 15.6 Å². The van der Waals surface area contributed by atoms with E-state index in [-0.39, 0.29) is 19.2 Å². The lowest BCUT2D eigenvalue weighted by Crippen LogP contribution is -2.57. The molecule has 224 valence electrons. The number of fused-ring (bicyclic) bond motifs is 2. The Balaban J connectivity index is 1.34. The van der Waals surface area contributed by atoms with Gasteiger partial charge in [0, 0.05) is 37.7 Å². The van der Waals surface area contributed by atoms with Crippen molar-refractivity contribution in [3.63, 3.8) is 0 Å². The fourth-order valence-corrected chi connectivity index (χ4v) is 6.68. The van der Waals surface area contributed by atoms with Gasteiger partial charge in [0.1, 0.15) is 18.5 Å². The van der Waals surface area contributed by atoms with Gasteiger partial charge in [0.15, 0.2) is 5.83 Å². The summed E-state index contributed by atoms with van der Waals surface area (Å²) in [4.78, 5) is 31.6. The molecule has 3 atom stereocenters. The number of likely N-dealkylation sites (N-methyl/N-ethyl adjacent to an activating group) is 1. The number of ether oxygens (including phenoxy) is 2. The summed E-state index contributed by atoms with van der Waals surface area (Å²) in [5, 5.41) is 2.37. The molecule has 4 heterocycles. The first-order valence-corrected chi connectivity index (χ1v) is 14.9. The van der Waals surface area contributed by atoms with Crippen molar-refractivity contribution < 1.29 is 18.7 Å². The number of aryl methyl sites for hydroxylation is 1. The number of hydrogen-bond acceptors (Lipinski definition) is 7. The summed E-state index contributed by atoms with van der Waals surface area (Å²) in [5.74, 6) is -1.09. The zero-order valence-electron chi connectivity index (χ0n) is 24.8. The number of carbonyl (C=O) groups excluding carboxylic acids is 1. The Labute approximate surface area is 251 Å². The molecule has 0 bridgehead atoms. The molecule has 2 fully saturated rings. The minimum atomic E-state index is -1.02. The Hall–Kier alpha value is -4.07. The van der Waals surface area contributed by atoms with Crippen molar-refractivity contribution in [2.75, 3.05) is 51.3 Å². The third-order valence-electron chi connectivity index (χ3n) is 9.00. The van der Waals surface area contributed by atoms with E-state index in [1.165, 1.54) is 21.2 Å². The lowest BCUT2D eigenvalue weighted by atomic mass is 9.92. The van der Waals surface area contributed by atoms with Crippen molar-refractivity contribution in [3.8, 4) is 6.01 Å². The number of benzene rings is 2. The van der Waals surface area contributed by atoms with Crippen LogP contribution in [0.15, 0.2) is 48.8 Å². The van der Waals surface area contributed by atoms with Gasteiger partial charge < -0.3 is 29.0 Å². The van der Waals surface area contributed by atoms with E-state index < -0.39 is 17.8 Å². The summed E-state index contributed by atoms with van der Waals surface area (Å²) in [6, 6.07) is 12.8. The monoisotopic (exact) mass is 584 g/mol. The maximum atomic E-state index is 13.8. The average Bonchev–Trinajstić information content (AvgIpc) is 3.43. The predicted molar refractivity (Wildman–Crippen MR) is 163 cm³/mol. The quantitative estimate of drug-likeness (QED) is 0.296. The van der Waals surface area contributed by atoms with Gasteiger partial charge in [0.05, 0.1) is 18.4 Å². The highest BCUT2D eigenvalue weighted by Gasteiger charge is 2.37. The van der Waals surface area contributed by atoms with E-state index in [9.17, 15) is 9.18 Å². The molecule has 0 saturated carbocycles. The van der Waals surface area contributed by atoms with Crippen LogP contribution in [-0.2, 0) is 22.6 Å². The van der Waals surface area contributed by atoms with Gasteiger partial charge in [-0.2, -0.15) is 9.97 Å². The zero-order valence-corrected chi connectivity index (χ0v) is 24.8. The summed E-state index contributed by atoms with van der Waals surface area (Å²) in [7, 11) is 2.11. The van der Waals surface area contributed by atoms with Gasteiger partial charge in [0.2, 0.25) is 6.54 Å². The second-order valence-corrected chi connectivity index (χ2v) is 11.7. The van der Waals surface area contributed by atoms with Gasteiger partial charge in [-0.1, -0.05) is 43.0 Å². The van der Waals surface area contributed by atoms with E-state index in [0.29, 0.717) is 50.6 Å². The number of amides is 1. The third kappa shape index (κ3) is 5.79. The topological polar surface area (TPSA) is 75.4 Å². The second kappa shape index (κ2) is 12.3. The molecule has 1 amide bonds. The molecule has 0 N–H and O–H groups in total. The minimum absolute atomic E-state index is 0.0547. The summed E-state index contributed by atoms with van der Waals surface area (Å²) < 4.78 is 26.6. The molecule has 0 spiro atoms. The minimum Gasteiger partial charge on any atom is -0.462 e. The second-order valence-electron chi connectivity index (χ2n) is 11.7. The molecule has 0 unspecified atom stereocenters. The highest BCUT2D eigenvalue weighted by Crippen LogP contribution is 2.38. The van der Waals surface area contributed by atoms with Gasteiger partial charge in [-0.25, -0.2) is 11.0 Å². The number of hydrogen-bond donors (Lipinski definition) is 0. The van der Waals surface area contributed by atoms with Crippen molar-refractivity contribution in [1.29, 1.82) is 0 Å². The Morgan fingerprint density at radius 1 is 1.19 bits per heavy atom. The number of rotatable bonds is 7. The number of piperazine rings is 1. The van der Waals surface area contributed by atoms with Crippen molar-refractivity contribution >= 4 is 22.5 Å². The number of aromatic nitrogens is 2. The SMILES string of the molecule is [C-]#[N+]C[C@H]1CN(c2nc(OC[C@@H]3CCCN3C)nc3c2CO[C@H](c2cccc4cccc(C)c24)C3)CCN1C(=O)C(=C)F. The average molecular weight is 585 g/mol. The van der Waals surface area contributed by atoms with Gasteiger partial charge >= 0.3 is 6.01 Å². The molecule has 10 heteroatoms. The first-order chi connectivity index (χ1) is 20.8. The first kappa shape index (κ1) is 29.0. The highest BCUT2D eigenvalue weighted by atomic mass is 19.1. The molecular weight excluding hydrogens is 547 g/mol. The lowest BCUT2D eigenvalue weighted by molar-refractivity contribution is -0.131. The van der Waals surface area contributed by atoms with Crippen LogP contribution in [0.3, 0.4) is 0 Å². The van der Waals surface area contributed by atoms with Crippen LogP contribution in [0.4, 0.5) is 10.2 Å². The van der Waals surface area contributed by atoms with Crippen LogP contribution in [0.1, 0.15) is 41.3 Å². The summed E-state index contributed by atoms with van der Waals surface area (Å²) in [6.45, 7) is 15.7. The van der Waals surface area contributed by atoms with Crippen LogP contribution in [0.5, 0.6) is 6.01 Å². The molecule has 0 radical (unpaired) electrons. The van der Waals surface area contributed by atoms with Crippen molar-refractivity contribution in [3.05, 3.63) is 82.6 Å². The Kier molecular flexibility index (Phi) is 8.28. The van der Waals surface area contributed by atoms with Crippen molar-refractivity contribution in [2.24, 2.45) is 0 Å². The number of nitrogens with zero attached hydrogens (tertiary/aromatic N) is 6. The summed E-state index contributed by atoms with van der Waals surface area (Å²) >= 11 is 0. The zero-order chi connectivity index (χ0) is 30.1. The van der Waals surface area contributed by atoms with Gasteiger partial charge in [-0.3, -0.25) is 4.79 Å². The maximum absolute atomic E-state index is 13.8. The molecule has 2 aromatic carbocycles. The smallest absolute Gasteiger partial charge is 0.318 e. The Morgan fingerprint density at radius 2 is 2.00 bits per heavy atom. The van der Waals surface area contributed by atoms with Crippen molar-refractivity contribution in [1.82, 2.24) is 19.8 Å². The van der Waals surface area contributed by atoms with Crippen LogP contribution < -0.4 is 9.64 Å². The molecule has 43 heavy (non-hydrogen) atoms. The molecule has 3 aliphatic rings. The molecule has 1 aromatic heterocycles. The van der Waals surface area contributed by atoms with Gasteiger partial charge in [0.25, 0.3) is 5.91 Å². The molecule has 3 aliphatic heterocycles. The van der Waals surface area contributed by atoms with E-state index in [2.05, 4.69) is 71.6 Å². The number of likely N-dealkylation sites (tertiary alicyclic amines) is 1. The highest BCUT2D eigenvalue weighted by molar-refractivity contribution is 5.91. The summed E-state index contributed by atoms with van der Waals surface area (Å²) in [6.07, 6.45) is 2.58. The van der Waals surface area contributed by atoms with Crippen LogP contribution in [-0.4, -0.2) is 84.1 Å². The Morgan fingerprint density at radius 3 is 2.74 bits per heavy atom. The fraction of sp³-hybridized carbons (Fsp3) is 0.455. The Bertz CT molecular complexity index is 1580. The normalized spacial score (nSPS) is 22.3. The van der Waals surface area contributed by atoms with E-state index in [1.54, 1.807) is 0 Å². The number of halogens is 1. The van der Waals surface area contributed by atoms with Gasteiger partial charge in [-0.05, 0) is 55.3 Å². The van der Waals surface area contributed by atoms with Crippen LogP contribution in [0.2, 0.25) is 0 Å². The first-order valence-electron chi connectivity index (χ1n) is 14.9. The molecule has 6 rings (SSSR count). The van der Waals surface area contributed by atoms with E-state index in [0.717, 1.165) is 36.2 Å². The maximum Gasteiger partial charge on any atom is 0.318 e. The van der Waals surface area contributed by atoms with Crippen LogP contribution >= 0.6 is 0 Å². The molecule has 3 aromatic rings. The number of anilines is 1. The van der Waals surface area contributed by atoms with Crippen molar-refractivity contribution in [2.45, 2.75) is 51.0 Å². The summed E-state index contributed by atoms with van der Waals surface area (Å²) in [5.41, 5.74) is 4.09. The fourth-order valence-electron chi connectivity index (χ4n) is 6.68. The molecule has 9 nitrogen and oxygen atoms in total. The molecule has 0 aliphatic carbocycles. The molecule has 2 saturated heterocycles. The lowest BCUT2D eigenvalue weighted by Gasteiger charge is -2.40. The number of carbonyl (C=O) groups is 1. The van der Waals surface area contributed by atoms with Gasteiger partial charge in [-0.15, -0.1) is 0 Å². The third-order valence-corrected chi connectivity index (χ3v) is 9.00. The van der Waals surface area contributed by atoms with E-state index in [1.807, 2.05) is 0 Å². The largest absolute Gasteiger partial charge is 0.462 e. The van der Waals surface area contributed by atoms with Crippen LogP contribution in [0, 0.1) is 13.5 Å². The van der Waals surface area contributed by atoms with E-state index >= 15 is 0 Å². The standard InChI is InChI=1S/C33H37FN6O3/c1-21-8-5-9-23-10-6-12-26(30(21)23)29-16-28-27(20-42-29)31(37-33(36-28)43-19-24-11-7-13-38(24)4)39-14-15-40(32(41)22(2)34)25(18-39)17-35-3/h5-6,8-10,12,24-25,29H,2,7,11,13-20H2,1,4H3/t24-,25-,29-/m0/s1. The molecular formula is C33H37FN6O3. The van der Waals surface area contributed by atoms with E-state index in [4.69, 9.17) is 26.0 Å².